The molecule has 1 fully saturated rings. The smallest absolute Gasteiger partial charge is 0.326 e. The van der Waals surface area contributed by atoms with Crippen molar-refractivity contribution in [1.29, 1.82) is 0 Å². The normalized spacial score (nSPS) is 19.9. The van der Waals surface area contributed by atoms with Gasteiger partial charge in [0.15, 0.2) is 0 Å². The topological polar surface area (TPSA) is 104 Å². The summed E-state index contributed by atoms with van der Waals surface area (Å²) in [4.78, 5) is 24.6. The highest BCUT2D eigenvalue weighted by Crippen LogP contribution is 2.19. The van der Waals surface area contributed by atoms with E-state index in [1.807, 2.05) is 0 Å². The summed E-state index contributed by atoms with van der Waals surface area (Å²) < 4.78 is 0. The van der Waals surface area contributed by atoms with E-state index in [9.17, 15) is 14.7 Å². The Morgan fingerprint density at radius 2 is 2.00 bits per heavy atom. The first-order valence-electron chi connectivity index (χ1n) is 6.56. The number of carbonyl (C=O) groups excluding carboxylic acids is 1. The highest BCUT2D eigenvalue weighted by atomic mass is 16.4. The molecular weight excluding hydrogens is 260 g/mol. The summed E-state index contributed by atoms with van der Waals surface area (Å²) in [5.74, 6) is -1.16. The summed E-state index contributed by atoms with van der Waals surface area (Å²) in [6, 6.07) is 4.93. The first-order valence-corrected chi connectivity index (χ1v) is 6.56. The van der Waals surface area contributed by atoms with Crippen molar-refractivity contribution in [1.82, 2.24) is 4.90 Å². The third-order valence-electron chi connectivity index (χ3n) is 3.53. The average Bonchev–Trinajstić information content (AvgIpc) is 2.90. The van der Waals surface area contributed by atoms with Gasteiger partial charge >= 0.3 is 5.97 Å². The third kappa shape index (κ3) is 3.08. The molecule has 0 aliphatic carbocycles. The second-order valence-corrected chi connectivity index (χ2v) is 5.00. The number of aromatic hydroxyl groups is 1. The lowest BCUT2D eigenvalue weighted by molar-refractivity contribution is -0.148. The minimum absolute atomic E-state index is 0.152. The van der Waals surface area contributed by atoms with Gasteiger partial charge in [0.1, 0.15) is 11.8 Å². The molecule has 0 radical (unpaired) electrons. The second kappa shape index (κ2) is 5.92. The zero-order valence-electron chi connectivity index (χ0n) is 11.0. The summed E-state index contributed by atoms with van der Waals surface area (Å²) in [5, 5.41) is 18.3. The number of carbonyl (C=O) groups is 2. The molecule has 1 aliphatic heterocycles. The maximum Gasteiger partial charge on any atom is 0.326 e. The molecule has 108 valence electrons. The highest BCUT2D eigenvalue weighted by molar-refractivity contribution is 5.87. The molecule has 0 spiro atoms. The highest BCUT2D eigenvalue weighted by Gasteiger charge is 2.35. The third-order valence-corrected chi connectivity index (χ3v) is 3.53. The quantitative estimate of drug-likeness (QED) is 0.736. The number of phenolic OH excluding ortho intramolecular Hbond substituents is 1. The van der Waals surface area contributed by atoms with Gasteiger partial charge in [0, 0.05) is 6.54 Å². The number of amides is 1. The Kier molecular flexibility index (Phi) is 4.24. The van der Waals surface area contributed by atoms with Gasteiger partial charge in [-0.1, -0.05) is 12.1 Å². The lowest BCUT2D eigenvalue weighted by atomic mass is 10.0. The van der Waals surface area contributed by atoms with Gasteiger partial charge in [0.2, 0.25) is 5.91 Å². The molecule has 6 nitrogen and oxygen atoms in total. The Bertz CT molecular complexity index is 500. The molecule has 1 amide bonds. The number of benzene rings is 1. The molecule has 20 heavy (non-hydrogen) atoms. The van der Waals surface area contributed by atoms with E-state index in [2.05, 4.69) is 0 Å². The Morgan fingerprint density at radius 1 is 1.35 bits per heavy atom. The molecule has 2 atom stereocenters. The van der Waals surface area contributed by atoms with Crippen LogP contribution in [0.5, 0.6) is 5.75 Å². The first-order chi connectivity index (χ1) is 9.49. The van der Waals surface area contributed by atoms with Gasteiger partial charge in [-0.25, -0.2) is 4.79 Å². The zero-order chi connectivity index (χ0) is 14.7. The van der Waals surface area contributed by atoms with Crippen molar-refractivity contribution >= 4 is 11.9 Å². The molecule has 0 saturated carbocycles. The van der Waals surface area contributed by atoms with E-state index < -0.39 is 18.1 Å². The molecule has 0 unspecified atom stereocenters. The predicted molar refractivity (Wildman–Crippen MR) is 72.2 cm³/mol. The van der Waals surface area contributed by atoms with Crippen LogP contribution in [-0.2, 0) is 16.0 Å². The van der Waals surface area contributed by atoms with Crippen molar-refractivity contribution in [3.63, 3.8) is 0 Å². The van der Waals surface area contributed by atoms with E-state index in [1.165, 1.54) is 17.0 Å². The fraction of sp³-hybridized carbons (Fsp3) is 0.429. The molecule has 1 saturated heterocycles. The van der Waals surface area contributed by atoms with E-state index in [0.29, 0.717) is 25.8 Å². The van der Waals surface area contributed by atoms with Crippen LogP contribution in [0, 0.1) is 0 Å². The number of hydrogen-bond acceptors (Lipinski definition) is 4. The van der Waals surface area contributed by atoms with Gasteiger partial charge in [-0.05, 0) is 37.0 Å². The van der Waals surface area contributed by atoms with Crippen LogP contribution in [0.15, 0.2) is 24.3 Å². The van der Waals surface area contributed by atoms with E-state index in [0.717, 1.165) is 5.56 Å². The molecule has 0 bridgehead atoms. The molecule has 6 heteroatoms. The lowest BCUT2D eigenvalue weighted by Gasteiger charge is -2.24. The lowest BCUT2D eigenvalue weighted by Crippen LogP contribution is -2.49. The number of nitrogens with zero attached hydrogens (tertiary/aromatic N) is 1. The fourth-order valence-corrected chi connectivity index (χ4v) is 2.47. The molecular formula is C14H18N2O4. The minimum atomic E-state index is -0.979. The van der Waals surface area contributed by atoms with Crippen LogP contribution in [0.25, 0.3) is 0 Å². The summed E-state index contributed by atoms with van der Waals surface area (Å²) in [6.45, 7) is 0.444. The molecule has 2 rings (SSSR count). The van der Waals surface area contributed by atoms with Crippen LogP contribution in [-0.4, -0.2) is 45.6 Å². The number of carboxylic acid groups (broad SMARTS) is 1. The number of nitrogens with two attached hydrogens (primary N) is 1. The Hall–Kier alpha value is -2.08. The Balaban J connectivity index is 2.01. The second-order valence-electron chi connectivity index (χ2n) is 5.00. The molecule has 1 aromatic rings. The van der Waals surface area contributed by atoms with Crippen LogP contribution in [0.1, 0.15) is 18.4 Å². The number of carboxylic acids is 1. The van der Waals surface area contributed by atoms with Crippen molar-refractivity contribution in [2.75, 3.05) is 6.54 Å². The fourth-order valence-electron chi connectivity index (χ4n) is 2.47. The molecule has 1 aromatic carbocycles. The van der Waals surface area contributed by atoms with Crippen molar-refractivity contribution in [2.24, 2.45) is 5.73 Å². The summed E-state index contributed by atoms with van der Waals surface area (Å²) >= 11 is 0. The standard InChI is InChI=1S/C14H18N2O4/c15-11(8-9-3-5-10(17)6-4-9)13(18)16-7-1-2-12(16)14(19)20/h3-6,11-12,17H,1-2,7-8,15H2,(H,19,20)/t11-,12-/m0/s1. The molecule has 1 heterocycles. The summed E-state index contributed by atoms with van der Waals surface area (Å²) in [6.07, 6.45) is 1.49. The molecule has 4 N–H and O–H groups in total. The molecule has 1 aliphatic rings. The van der Waals surface area contributed by atoms with E-state index in [4.69, 9.17) is 10.8 Å². The first kappa shape index (κ1) is 14.3. The number of likely N-dealkylation sites (tertiary alicyclic amines) is 1. The van der Waals surface area contributed by atoms with Crippen LogP contribution >= 0.6 is 0 Å². The van der Waals surface area contributed by atoms with E-state index in [-0.39, 0.29) is 11.7 Å². The van der Waals surface area contributed by atoms with Gasteiger partial charge in [0.05, 0.1) is 6.04 Å². The largest absolute Gasteiger partial charge is 0.508 e. The summed E-state index contributed by atoms with van der Waals surface area (Å²) in [5.41, 5.74) is 6.71. The van der Waals surface area contributed by atoms with Crippen LogP contribution in [0.3, 0.4) is 0 Å². The Morgan fingerprint density at radius 3 is 2.60 bits per heavy atom. The predicted octanol–water partition coefficient (Wildman–Crippen LogP) is 0.338. The van der Waals surface area contributed by atoms with Gasteiger partial charge in [-0.2, -0.15) is 0 Å². The minimum Gasteiger partial charge on any atom is -0.508 e. The number of aliphatic carboxylic acids is 1. The Labute approximate surface area is 116 Å². The maximum absolute atomic E-state index is 12.2. The maximum atomic E-state index is 12.2. The van der Waals surface area contributed by atoms with Crippen LogP contribution < -0.4 is 5.73 Å². The van der Waals surface area contributed by atoms with E-state index in [1.54, 1.807) is 12.1 Å². The number of phenols is 1. The van der Waals surface area contributed by atoms with Crippen LogP contribution in [0.2, 0.25) is 0 Å². The van der Waals surface area contributed by atoms with Crippen molar-refractivity contribution < 1.29 is 19.8 Å². The number of rotatable bonds is 4. The SMILES string of the molecule is N[C@@H](Cc1ccc(O)cc1)C(=O)N1CCC[C@H]1C(=O)O. The molecule has 0 aromatic heterocycles. The van der Waals surface area contributed by atoms with Gasteiger partial charge in [-0.15, -0.1) is 0 Å². The van der Waals surface area contributed by atoms with Crippen molar-refractivity contribution in [3.05, 3.63) is 29.8 Å². The zero-order valence-corrected chi connectivity index (χ0v) is 11.0. The van der Waals surface area contributed by atoms with Crippen molar-refractivity contribution in [3.8, 4) is 5.75 Å². The average molecular weight is 278 g/mol. The van der Waals surface area contributed by atoms with E-state index >= 15 is 0 Å². The monoisotopic (exact) mass is 278 g/mol. The number of hydrogen-bond donors (Lipinski definition) is 3. The van der Waals surface area contributed by atoms with Gasteiger partial charge in [0.25, 0.3) is 0 Å². The summed E-state index contributed by atoms with van der Waals surface area (Å²) in [7, 11) is 0. The van der Waals surface area contributed by atoms with Gasteiger partial charge in [-0.3, -0.25) is 4.79 Å². The van der Waals surface area contributed by atoms with Gasteiger partial charge < -0.3 is 20.8 Å². The van der Waals surface area contributed by atoms with Crippen LogP contribution in [0.4, 0.5) is 0 Å². The van der Waals surface area contributed by atoms with Crippen molar-refractivity contribution in [2.45, 2.75) is 31.3 Å².